The van der Waals surface area contributed by atoms with E-state index in [1.807, 2.05) is 42.5 Å². The van der Waals surface area contributed by atoms with Gasteiger partial charge in [0.1, 0.15) is 5.75 Å². The fourth-order valence-electron chi connectivity index (χ4n) is 1.84. The van der Waals surface area contributed by atoms with Gasteiger partial charge in [-0.2, -0.15) is 5.10 Å². The Bertz CT molecular complexity index is 624. The molecule has 2 aromatic carbocycles. The van der Waals surface area contributed by atoms with Gasteiger partial charge in [-0.05, 0) is 48.0 Å². The Morgan fingerprint density at radius 1 is 1.10 bits per heavy atom. The number of benzene rings is 2. The van der Waals surface area contributed by atoms with E-state index >= 15 is 0 Å². The van der Waals surface area contributed by atoms with Crippen molar-refractivity contribution < 1.29 is 14.2 Å². The molecule has 0 radical (unpaired) electrons. The van der Waals surface area contributed by atoms with E-state index in [4.69, 9.17) is 14.2 Å². The third-order valence-corrected chi connectivity index (χ3v) is 2.89. The van der Waals surface area contributed by atoms with E-state index in [1.165, 1.54) is 0 Å². The van der Waals surface area contributed by atoms with Crippen molar-refractivity contribution in [2.45, 2.75) is 0 Å². The van der Waals surface area contributed by atoms with Gasteiger partial charge >= 0.3 is 0 Å². The topological polar surface area (TPSA) is 52.1 Å². The lowest BCUT2D eigenvalue weighted by Crippen LogP contribution is -1.93. The van der Waals surface area contributed by atoms with E-state index in [2.05, 4.69) is 10.5 Å². The van der Waals surface area contributed by atoms with Crippen molar-refractivity contribution in [2.75, 3.05) is 19.3 Å². The van der Waals surface area contributed by atoms with Crippen molar-refractivity contribution in [3.63, 3.8) is 0 Å². The van der Waals surface area contributed by atoms with E-state index in [9.17, 15) is 0 Å². The number of rotatable bonds is 4. The smallest absolute Gasteiger partial charge is 0.231 e. The van der Waals surface area contributed by atoms with Crippen LogP contribution in [0.4, 0.5) is 5.69 Å². The second kappa shape index (κ2) is 5.52. The maximum Gasteiger partial charge on any atom is 0.231 e. The molecule has 5 nitrogen and oxygen atoms in total. The molecule has 1 heterocycles. The van der Waals surface area contributed by atoms with E-state index in [1.54, 1.807) is 13.3 Å². The molecule has 0 atom stereocenters. The van der Waals surface area contributed by atoms with Crippen molar-refractivity contribution in [3.05, 3.63) is 48.0 Å². The van der Waals surface area contributed by atoms with Crippen molar-refractivity contribution in [1.82, 2.24) is 0 Å². The van der Waals surface area contributed by atoms with Gasteiger partial charge in [-0.1, -0.05) is 0 Å². The Morgan fingerprint density at radius 2 is 1.90 bits per heavy atom. The van der Waals surface area contributed by atoms with Gasteiger partial charge in [-0.15, -0.1) is 0 Å². The first-order chi connectivity index (χ1) is 9.85. The van der Waals surface area contributed by atoms with Crippen LogP contribution in [0.25, 0.3) is 0 Å². The molecule has 0 amide bonds. The van der Waals surface area contributed by atoms with Crippen LogP contribution in [-0.4, -0.2) is 20.1 Å². The molecule has 0 aliphatic carbocycles. The summed E-state index contributed by atoms with van der Waals surface area (Å²) in [7, 11) is 1.64. The van der Waals surface area contributed by atoms with E-state index in [-0.39, 0.29) is 6.79 Å². The molecule has 1 N–H and O–H groups in total. The predicted molar refractivity (Wildman–Crippen MR) is 76.8 cm³/mol. The standard InChI is InChI=1S/C15H14N2O3/c1-18-13-5-3-12(4-6-13)17-16-9-11-2-7-14-15(8-11)20-10-19-14/h2-9,17H,10H2,1H3. The van der Waals surface area contributed by atoms with Crippen LogP contribution >= 0.6 is 0 Å². The van der Waals surface area contributed by atoms with Crippen LogP contribution in [-0.2, 0) is 0 Å². The van der Waals surface area contributed by atoms with Gasteiger partial charge in [-0.25, -0.2) is 0 Å². The summed E-state index contributed by atoms with van der Waals surface area (Å²) in [6.45, 7) is 0.278. The third-order valence-electron chi connectivity index (χ3n) is 2.89. The quantitative estimate of drug-likeness (QED) is 0.685. The number of nitrogens with one attached hydrogen (secondary N) is 1. The summed E-state index contributed by atoms with van der Waals surface area (Å²) in [6, 6.07) is 13.2. The number of fused-ring (bicyclic) bond motifs is 1. The van der Waals surface area contributed by atoms with Crippen molar-refractivity contribution in [2.24, 2.45) is 5.10 Å². The van der Waals surface area contributed by atoms with Crippen LogP contribution in [0.5, 0.6) is 17.2 Å². The molecular weight excluding hydrogens is 256 g/mol. The summed E-state index contributed by atoms with van der Waals surface area (Å²) in [6.07, 6.45) is 1.73. The molecule has 0 aromatic heterocycles. The molecule has 102 valence electrons. The van der Waals surface area contributed by atoms with E-state index < -0.39 is 0 Å². The maximum atomic E-state index is 5.31. The van der Waals surface area contributed by atoms with E-state index in [0.29, 0.717) is 0 Å². The summed E-state index contributed by atoms with van der Waals surface area (Å²) in [4.78, 5) is 0. The van der Waals surface area contributed by atoms with Gasteiger partial charge < -0.3 is 14.2 Å². The number of anilines is 1. The predicted octanol–water partition coefficient (Wildman–Crippen LogP) is 2.87. The van der Waals surface area contributed by atoms with Gasteiger partial charge in [0.05, 0.1) is 19.0 Å². The van der Waals surface area contributed by atoms with Crippen LogP contribution in [0.2, 0.25) is 0 Å². The Hall–Kier alpha value is -2.69. The zero-order valence-electron chi connectivity index (χ0n) is 11.0. The highest BCUT2D eigenvalue weighted by Gasteiger charge is 2.12. The Kier molecular flexibility index (Phi) is 3.41. The highest BCUT2D eigenvalue weighted by Crippen LogP contribution is 2.31. The fourth-order valence-corrected chi connectivity index (χ4v) is 1.84. The lowest BCUT2D eigenvalue weighted by atomic mass is 10.2. The normalized spacial score (nSPS) is 12.7. The second-order valence-corrected chi connectivity index (χ2v) is 4.21. The van der Waals surface area contributed by atoms with E-state index in [0.717, 1.165) is 28.5 Å². The zero-order chi connectivity index (χ0) is 13.8. The van der Waals surface area contributed by atoms with Crippen LogP contribution < -0.4 is 19.6 Å². The van der Waals surface area contributed by atoms with Crippen molar-refractivity contribution in [3.8, 4) is 17.2 Å². The highest BCUT2D eigenvalue weighted by atomic mass is 16.7. The first-order valence-corrected chi connectivity index (χ1v) is 6.18. The van der Waals surface area contributed by atoms with Gasteiger partial charge in [0.15, 0.2) is 11.5 Å². The summed E-state index contributed by atoms with van der Waals surface area (Å²) in [5.74, 6) is 2.33. The molecule has 1 aliphatic heterocycles. The van der Waals surface area contributed by atoms with Crippen LogP contribution in [0.3, 0.4) is 0 Å². The average molecular weight is 270 g/mol. The van der Waals surface area contributed by atoms with Gasteiger partial charge in [-0.3, -0.25) is 5.43 Å². The molecular formula is C15H14N2O3. The average Bonchev–Trinajstić information content (AvgIpc) is 2.95. The number of nitrogens with zero attached hydrogens (tertiary/aromatic N) is 1. The molecule has 3 rings (SSSR count). The molecule has 5 heteroatoms. The molecule has 0 unspecified atom stereocenters. The number of hydrazone groups is 1. The Labute approximate surface area is 116 Å². The lowest BCUT2D eigenvalue weighted by Gasteiger charge is -2.02. The monoisotopic (exact) mass is 270 g/mol. The fraction of sp³-hybridized carbons (Fsp3) is 0.133. The second-order valence-electron chi connectivity index (χ2n) is 4.21. The first kappa shape index (κ1) is 12.3. The molecule has 2 aromatic rings. The lowest BCUT2D eigenvalue weighted by molar-refractivity contribution is 0.174. The molecule has 0 spiro atoms. The molecule has 0 saturated carbocycles. The Balaban J connectivity index is 1.65. The van der Waals surface area contributed by atoms with Gasteiger partial charge in [0.2, 0.25) is 6.79 Å². The first-order valence-electron chi connectivity index (χ1n) is 6.18. The summed E-state index contributed by atoms with van der Waals surface area (Å²) >= 11 is 0. The minimum atomic E-state index is 0.278. The molecule has 1 aliphatic rings. The van der Waals surface area contributed by atoms with Gasteiger partial charge in [0, 0.05) is 0 Å². The zero-order valence-corrected chi connectivity index (χ0v) is 11.0. The number of hydrogen-bond donors (Lipinski definition) is 1. The summed E-state index contributed by atoms with van der Waals surface area (Å²) in [5, 5.41) is 4.18. The number of methoxy groups -OCH3 is 1. The van der Waals surface area contributed by atoms with Crippen LogP contribution in [0.15, 0.2) is 47.6 Å². The summed E-state index contributed by atoms with van der Waals surface area (Å²) in [5.41, 5.74) is 4.79. The summed E-state index contributed by atoms with van der Waals surface area (Å²) < 4.78 is 15.7. The SMILES string of the molecule is COc1ccc(NN=Cc2ccc3c(c2)OCO3)cc1. The molecule has 0 bridgehead atoms. The maximum absolute atomic E-state index is 5.31. The Morgan fingerprint density at radius 3 is 2.70 bits per heavy atom. The largest absolute Gasteiger partial charge is 0.497 e. The minimum absolute atomic E-state index is 0.278. The number of ether oxygens (including phenoxy) is 3. The van der Waals surface area contributed by atoms with Crippen molar-refractivity contribution >= 4 is 11.9 Å². The molecule has 0 saturated heterocycles. The third kappa shape index (κ3) is 2.66. The molecule has 0 fully saturated rings. The molecule has 20 heavy (non-hydrogen) atoms. The minimum Gasteiger partial charge on any atom is -0.497 e. The highest BCUT2D eigenvalue weighted by molar-refractivity contribution is 5.81. The van der Waals surface area contributed by atoms with Crippen molar-refractivity contribution in [1.29, 1.82) is 0 Å². The van der Waals surface area contributed by atoms with Crippen LogP contribution in [0, 0.1) is 0 Å². The van der Waals surface area contributed by atoms with Gasteiger partial charge in [0.25, 0.3) is 0 Å². The number of hydrogen-bond acceptors (Lipinski definition) is 5. The van der Waals surface area contributed by atoms with Crippen LogP contribution in [0.1, 0.15) is 5.56 Å².